The highest BCUT2D eigenvalue weighted by molar-refractivity contribution is 14.0. The molecule has 5 nitrogen and oxygen atoms in total. The topological polar surface area (TPSA) is 58.5 Å². The highest BCUT2D eigenvalue weighted by atomic mass is 127. The lowest BCUT2D eigenvalue weighted by atomic mass is 10.2. The van der Waals surface area contributed by atoms with E-state index >= 15 is 0 Å². The summed E-state index contributed by atoms with van der Waals surface area (Å²) >= 11 is 0.945. The third-order valence-corrected chi connectivity index (χ3v) is 4.31. The second-order valence-corrected chi connectivity index (χ2v) is 6.88. The van der Waals surface area contributed by atoms with E-state index < -0.39 is 11.9 Å². The first-order valence-electron chi connectivity index (χ1n) is 8.55. The standard InChI is InChI=1S/C18H23F3N4OS.HI/c1-4-22-17(24-10-16-25-15(11-27-16)18(19,20)21)23-9-13(3)26-14-7-5-12(2)6-8-14;/h5-8,11,13H,4,9-10H2,1-3H3,(H2,22,23,24);1H. The molecule has 0 aliphatic heterocycles. The second kappa shape index (κ2) is 11.4. The third kappa shape index (κ3) is 8.21. The van der Waals surface area contributed by atoms with Crippen LogP contribution in [0.15, 0.2) is 34.6 Å². The minimum absolute atomic E-state index is 0. The summed E-state index contributed by atoms with van der Waals surface area (Å²) in [7, 11) is 0. The minimum Gasteiger partial charge on any atom is -0.489 e. The number of ether oxygens (including phenoxy) is 1. The first-order chi connectivity index (χ1) is 12.8. The average molecular weight is 528 g/mol. The van der Waals surface area contributed by atoms with Gasteiger partial charge in [-0.3, -0.25) is 0 Å². The Balaban J connectivity index is 0.00000392. The van der Waals surface area contributed by atoms with Gasteiger partial charge in [-0.1, -0.05) is 17.7 Å². The molecule has 2 aromatic rings. The molecule has 28 heavy (non-hydrogen) atoms. The number of rotatable bonds is 7. The van der Waals surface area contributed by atoms with Gasteiger partial charge in [0.05, 0.1) is 13.1 Å². The number of benzene rings is 1. The van der Waals surface area contributed by atoms with Crippen molar-refractivity contribution >= 4 is 41.3 Å². The number of halogens is 4. The van der Waals surface area contributed by atoms with Crippen molar-refractivity contribution in [1.29, 1.82) is 0 Å². The van der Waals surface area contributed by atoms with Crippen molar-refractivity contribution in [2.24, 2.45) is 4.99 Å². The number of aromatic nitrogens is 1. The van der Waals surface area contributed by atoms with Gasteiger partial charge in [0.25, 0.3) is 0 Å². The molecule has 0 bridgehead atoms. The van der Waals surface area contributed by atoms with Crippen LogP contribution in [0.25, 0.3) is 0 Å². The summed E-state index contributed by atoms with van der Waals surface area (Å²) in [6.45, 7) is 7.04. The number of hydrogen-bond acceptors (Lipinski definition) is 4. The zero-order chi connectivity index (χ0) is 19.9. The Labute approximate surface area is 183 Å². The average Bonchev–Trinajstić information content (AvgIpc) is 3.09. The Morgan fingerprint density at radius 2 is 1.93 bits per heavy atom. The molecule has 0 aliphatic rings. The lowest BCUT2D eigenvalue weighted by Gasteiger charge is -2.17. The number of hydrogen-bond donors (Lipinski definition) is 2. The molecule has 0 aliphatic carbocycles. The molecule has 0 radical (unpaired) electrons. The number of aliphatic imine (C=N–C) groups is 1. The van der Waals surface area contributed by atoms with Gasteiger partial charge in [-0.05, 0) is 32.9 Å². The zero-order valence-corrected chi connectivity index (χ0v) is 19.0. The molecular weight excluding hydrogens is 504 g/mol. The monoisotopic (exact) mass is 528 g/mol. The van der Waals surface area contributed by atoms with Crippen LogP contribution in [0.5, 0.6) is 5.75 Å². The lowest BCUT2D eigenvalue weighted by molar-refractivity contribution is -0.140. The molecule has 1 aromatic carbocycles. The summed E-state index contributed by atoms with van der Waals surface area (Å²) in [5.74, 6) is 1.28. The number of aryl methyl sites for hydroxylation is 1. The van der Waals surface area contributed by atoms with Crippen molar-refractivity contribution in [3.05, 3.63) is 45.9 Å². The summed E-state index contributed by atoms with van der Waals surface area (Å²) in [4.78, 5) is 7.87. The highest BCUT2D eigenvalue weighted by Crippen LogP contribution is 2.30. The van der Waals surface area contributed by atoms with Gasteiger partial charge in [-0.15, -0.1) is 35.3 Å². The van der Waals surface area contributed by atoms with Crippen molar-refractivity contribution in [3.8, 4) is 5.75 Å². The van der Waals surface area contributed by atoms with Crippen molar-refractivity contribution in [2.75, 3.05) is 13.1 Å². The Morgan fingerprint density at radius 1 is 1.25 bits per heavy atom. The Morgan fingerprint density at radius 3 is 2.50 bits per heavy atom. The lowest BCUT2D eigenvalue weighted by Crippen LogP contribution is -2.41. The van der Waals surface area contributed by atoms with Crippen molar-refractivity contribution in [2.45, 2.75) is 39.6 Å². The maximum absolute atomic E-state index is 12.6. The fourth-order valence-corrected chi connectivity index (χ4v) is 2.86. The summed E-state index contributed by atoms with van der Waals surface area (Å²) in [5, 5.41) is 7.49. The third-order valence-electron chi connectivity index (χ3n) is 3.47. The van der Waals surface area contributed by atoms with Gasteiger partial charge in [-0.25, -0.2) is 9.98 Å². The Kier molecular flexibility index (Phi) is 10.0. The van der Waals surface area contributed by atoms with Crippen LogP contribution >= 0.6 is 35.3 Å². The van der Waals surface area contributed by atoms with Crippen LogP contribution in [0.1, 0.15) is 30.1 Å². The molecule has 156 valence electrons. The molecular formula is C18H24F3IN4OS. The predicted octanol–water partition coefficient (Wildman–Crippen LogP) is 4.61. The highest BCUT2D eigenvalue weighted by Gasteiger charge is 2.33. The van der Waals surface area contributed by atoms with Gasteiger partial charge in [0.1, 0.15) is 16.9 Å². The zero-order valence-electron chi connectivity index (χ0n) is 15.8. The van der Waals surface area contributed by atoms with Crippen LogP contribution in [0, 0.1) is 6.92 Å². The smallest absolute Gasteiger partial charge is 0.434 e. The van der Waals surface area contributed by atoms with E-state index in [0.29, 0.717) is 24.1 Å². The van der Waals surface area contributed by atoms with Gasteiger partial charge < -0.3 is 15.4 Å². The van der Waals surface area contributed by atoms with Crippen LogP contribution in [-0.2, 0) is 12.7 Å². The van der Waals surface area contributed by atoms with Crippen molar-refractivity contribution < 1.29 is 17.9 Å². The molecule has 0 amide bonds. The van der Waals surface area contributed by atoms with E-state index in [9.17, 15) is 13.2 Å². The van der Waals surface area contributed by atoms with E-state index in [-0.39, 0.29) is 36.6 Å². The maximum Gasteiger partial charge on any atom is 0.434 e. The van der Waals surface area contributed by atoms with Gasteiger partial charge >= 0.3 is 6.18 Å². The molecule has 10 heteroatoms. The number of thiazole rings is 1. The first kappa shape index (κ1) is 24.5. The number of nitrogens with zero attached hydrogens (tertiary/aromatic N) is 2. The Bertz CT molecular complexity index is 750. The summed E-state index contributed by atoms with van der Waals surface area (Å²) < 4.78 is 43.6. The van der Waals surface area contributed by atoms with Crippen molar-refractivity contribution in [3.63, 3.8) is 0 Å². The van der Waals surface area contributed by atoms with Crippen LogP contribution < -0.4 is 15.4 Å². The second-order valence-electron chi connectivity index (χ2n) is 5.94. The predicted molar refractivity (Wildman–Crippen MR) is 117 cm³/mol. The molecule has 1 atom stereocenters. The molecule has 0 saturated heterocycles. The molecule has 2 rings (SSSR count). The van der Waals surface area contributed by atoms with Crippen LogP contribution in [0.3, 0.4) is 0 Å². The van der Waals surface area contributed by atoms with E-state index in [4.69, 9.17) is 4.74 Å². The molecule has 0 saturated carbocycles. The van der Waals surface area contributed by atoms with Gasteiger partial charge in [0.15, 0.2) is 11.7 Å². The maximum atomic E-state index is 12.6. The Hall–Kier alpha value is -1.56. The normalized spacial score (nSPS) is 12.9. The molecule has 1 unspecified atom stereocenters. The van der Waals surface area contributed by atoms with E-state index in [1.54, 1.807) is 0 Å². The molecule has 2 N–H and O–H groups in total. The van der Waals surface area contributed by atoms with Gasteiger partial charge in [-0.2, -0.15) is 13.2 Å². The van der Waals surface area contributed by atoms with Gasteiger partial charge in [0, 0.05) is 11.9 Å². The molecule has 0 spiro atoms. The largest absolute Gasteiger partial charge is 0.489 e. The van der Waals surface area contributed by atoms with E-state index in [2.05, 4.69) is 20.6 Å². The van der Waals surface area contributed by atoms with E-state index in [1.165, 1.54) is 0 Å². The van der Waals surface area contributed by atoms with Crippen molar-refractivity contribution in [1.82, 2.24) is 15.6 Å². The van der Waals surface area contributed by atoms with E-state index in [0.717, 1.165) is 28.0 Å². The first-order valence-corrected chi connectivity index (χ1v) is 9.43. The minimum atomic E-state index is -4.43. The summed E-state index contributed by atoms with van der Waals surface area (Å²) in [5.41, 5.74) is 0.279. The van der Waals surface area contributed by atoms with E-state index in [1.807, 2.05) is 45.0 Å². The number of guanidine groups is 1. The fourth-order valence-electron chi connectivity index (χ4n) is 2.13. The van der Waals surface area contributed by atoms with Gasteiger partial charge in [0.2, 0.25) is 0 Å². The SMILES string of the molecule is CCNC(=NCc1nc(C(F)(F)F)cs1)NCC(C)Oc1ccc(C)cc1.I. The molecule has 1 aromatic heterocycles. The van der Waals surface area contributed by atoms with Crippen LogP contribution in [0.2, 0.25) is 0 Å². The number of alkyl halides is 3. The quantitative estimate of drug-likeness (QED) is 0.313. The van der Waals surface area contributed by atoms with Crippen LogP contribution in [-0.4, -0.2) is 30.1 Å². The summed E-state index contributed by atoms with van der Waals surface area (Å²) in [6.07, 6.45) is -4.54. The molecule has 1 heterocycles. The van der Waals surface area contributed by atoms with Crippen LogP contribution in [0.4, 0.5) is 13.2 Å². The fraction of sp³-hybridized carbons (Fsp3) is 0.444. The number of nitrogens with one attached hydrogen (secondary N) is 2. The molecule has 0 fully saturated rings. The summed E-state index contributed by atoms with van der Waals surface area (Å²) in [6, 6.07) is 7.77.